The number of aromatic nitrogens is 2. The summed E-state index contributed by atoms with van der Waals surface area (Å²) in [6.07, 6.45) is -4.03. The number of anilines is 2. The standard InChI is InChI=1S/C8H8F3N5O2/c9-8(10,11)7(1-2-7)15-5-4(16(17)18)3-13-6(12)14-5/h3H,1-2H2,(H3,12,13,14,15). The minimum atomic E-state index is -4.50. The molecule has 1 saturated carbocycles. The van der Waals surface area contributed by atoms with Crippen LogP contribution in [0.5, 0.6) is 0 Å². The van der Waals surface area contributed by atoms with E-state index in [2.05, 4.69) is 15.3 Å². The Morgan fingerprint density at radius 1 is 1.50 bits per heavy atom. The number of nitrogen functional groups attached to an aromatic ring is 1. The Labute approximate surface area is 98.4 Å². The van der Waals surface area contributed by atoms with Crippen molar-refractivity contribution >= 4 is 17.5 Å². The fourth-order valence-corrected chi connectivity index (χ4v) is 1.45. The van der Waals surface area contributed by atoms with Crippen LogP contribution < -0.4 is 11.1 Å². The summed E-state index contributed by atoms with van der Waals surface area (Å²) in [7, 11) is 0. The molecule has 0 saturated heterocycles. The third-order valence-electron chi connectivity index (χ3n) is 2.64. The number of alkyl halides is 3. The van der Waals surface area contributed by atoms with Crippen molar-refractivity contribution in [2.24, 2.45) is 0 Å². The van der Waals surface area contributed by atoms with E-state index in [-0.39, 0.29) is 18.8 Å². The number of hydrogen-bond acceptors (Lipinski definition) is 6. The SMILES string of the molecule is Nc1ncc([N+](=O)[O-])c(NC2(C(F)(F)F)CC2)n1. The highest BCUT2D eigenvalue weighted by Gasteiger charge is 2.64. The van der Waals surface area contributed by atoms with Crippen molar-refractivity contribution in [3.63, 3.8) is 0 Å². The monoisotopic (exact) mass is 263 g/mol. The molecule has 3 N–H and O–H groups in total. The summed E-state index contributed by atoms with van der Waals surface area (Å²) in [5.74, 6) is -0.844. The quantitative estimate of drug-likeness (QED) is 0.631. The van der Waals surface area contributed by atoms with E-state index in [0.717, 1.165) is 6.20 Å². The number of hydrogen-bond donors (Lipinski definition) is 2. The molecule has 1 heterocycles. The van der Waals surface area contributed by atoms with Crippen molar-refractivity contribution in [3.8, 4) is 0 Å². The number of halogens is 3. The number of rotatable bonds is 3. The first kappa shape index (κ1) is 12.3. The van der Waals surface area contributed by atoms with Crippen molar-refractivity contribution in [3.05, 3.63) is 16.3 Å². The highest BCUT2D eigenvalue weighted by Crippen LogP contribution is 2.51. The summed E-state index contributed by atoms with van der Waals surface area (Å²) in [6.45, 7) is 0. The lowest BCUT2D eigenvalue weighted by atomic mass is 10.2. The van der Waals surface area contributed by atoms with Crippen molar-refractivity contribution in [2.45, 2.75) is 24.6 Å². The molecule has 1 aliphatic carbocycles. The molecule has 1 aromatic heterocycles. The molecule has 7 nitrogen and oxygen atoms in total. The predicted octanol–water partition coefficient (Wildman–Crippen LogP) is 1.47. The molecule has 0 aromatic carbocycles. The molecule has 0 bridgehead atoms. The van der Waals surface area contributed by atoms with Crippen molar-refractivity contribution in [1.29, 1.82) is 0 Å². The topological polar surface area (TPSA) is 107 Å². The van der Waals surface area contributed by atoms with Crippen LogP contribution in [-0.2, 0) is 0 Å². The van der Waals surface area contributed by atoms with Crippen molar-refractivity contribution < 1.29 is 18.1 Å². The Morgan fingerprint density at radius 3 is 2.56 bits per heavy atom. The van der Waals surface area contributed by atoms with Crippen molar-refractivity contribution in [1.82, 2.24) is 9.97 Å². The van der Waals surface area contributed by atoms with Crippen LogP contribution in [0.4, 0.5) is 30.6 Å². The van der Waals surface area contributed by atoms with Gasteiger partial charge in [-0.2, -0.15) is 18.2 Å². The molecule has 0 spiro atoms. The van der Waals surface area contributed by atoms with Crippen LogP contribution in [0, 0.1) is 10.1 Å². The first-order valence-electron chi connectivity index (χ1n) is 4.87. The number of nitro groups is 1. The molecule has 1 fully saturated rings. The maximum absolute atomic E-state index is 12.7. The molecular weight excluding hydrogens is 255 g/mol. The average Bonchev–Trinajstić information content (AvgIpc) is 2.97. The minimum Gasteiger partial charge on any atom is -0.368 e. The van der Waals surface area contributed by atoms with Crippen LogP contribution in [0.25, 0.3) is 0 Å². The van der Waals surface area contributed by atoms with Gasteiger partial charge in [0.25, 0.3) is 0 Å². The van der Waals surface area contributed by atoms with Gasteiger partial charge in [-0.3, -0.25) is 10.1 Å². The molecule has 0 radical (unpaired) electrons. The van der Waals surface area contributed by atoms with Gasteiger partial charge in [0.2, 0.25) is 11.8 Å². The molecule has 0 amide bonds. The molecule has 1 aromatic rings. The Kier molecular flexibility index (Phi) is 2.52. The molecule has 0 atom stereocenters. The first-order valence-corrected chi connectivity index (χ1v) is 4.87. The van der Waals surface area contributed by atoms with E-state index >= 15 is 0 Å². The fourth-order valence-electron chi connectivity index (χ4n) is 1.45. The summed E-state index contributed by atoms with van der Waals surface area (Å²) < 4.78 is 38.1. The zero-order valence-corrected chi connectivity index (χ0v) is 8.86. The lowest BCUT2D eigenvalue weighted by Crippen LogP contribution is -2.39. The van der Waals surface area contributed by atoms with Gasteiger partial charge < -0.3 is 11.1 Å². The molecule has 0 unspecified atom stereocenters. The predicted molar refractivity (Wildman–Crippen MR) is 54.7 cm³/mol. The molecular formula is C8H8F3N5O2. The summed E-state index contributed by atoms with van der Waals surface area (Å²) in [5.41, 5.74) is 2.43. The van der Waals surface area contributed by atoms with Gasteiger partial charge in [0, 0.05) is 0 Å². The van der Waals surface area contributed by atoms with Crippen LogP contribution in [-0.4, -0.2) is 26.6 Å². The van der Waals surface area contributed by atoms with E-state index in [1.807, 2.05) is 0 Å². The van der Waals surface area contributed by atoms with E-state index < -0.39 is 28.1 Å². The second kappa shape index (κ2) is 3.68. The molecule has 0 aliphatic heterocycles. The maximum atomic E-state index is 12.7. The average molecular weight is 263 g/mol. The van der Waals surface area contributed by atoms with Gasteiger partial charge in [0.1, 0.15) is 11.7 Å². The fraction of sp³-hybridized carbons (Fsp3) is 0.500. The summed E-state index contributed by atoms with van der Waals surface area (Å²) in [5, 5.41) is 12.7. The van der Waals surface area contributed by atoms with Gasteiger partial charge in [-0.25, -0.2) is 4.98 Å². The van der Waals surface area contributed by atoms with Crippen molar-refractivity contribution in [2.75, 3.05) is 11.1 Å². The Bertz CT molecular complexity index is 500. The molecule has 1 aliphatic rings. The van der Waals surface area contributed by atoms with Gasteiger partial charge >= 0.3 is 11.9 Å². The van der Waals surface area contributed by atoms with Gasteiger partial charge in [0.15, 0.2) is 0 Å². The van der Waals surface area contributed by atoms with E-state index in [1.165, 1.54) is 0 Å². The van der Waals surface area contributed by atoms with Crippen LogP contribution in [0.15, 0.2) is 6.20 Å². The summed E-state index contributed by atoms with van der Waals surface area (Å²) in [6, 6.07) is 0. The third kappa shape index (κ3) is 2.00. The van der Waals surface area contributed by atoms with E-state index in [9.17, 15) is 23.3 Å². The zero-order chi connectivity index (χ0) is 13.6. The maximum Gasteiger partial charge on any atom is 0.411 e. The number of nitrogens with one attached hydrogen (secondary N) is 1. The van der Waals surface area contributed by atoms with Crippen LogP contribution in [0.1, 0.15) is 12.8 Å². The minimum absolute atomic E-state index is 0.155. The van der Waals surface area contributed by atoms with Gasteiger partial charge in [-0.05, 0) is 12.8 Å². The summed E-state index contributed by atoms with van der Waals surface area (Å²) in [4.78, 5) is 16.6. The normalized spacial score (nSPS) is 17.3. The molecule has 2 rings (SSSR count). The lowest BCUT2D eigenvalue weighted by Gasteiger charge is -2.20. The van der Waals surface area contributed by atoms with Crippen LogP contribution in [0.3, 0.4) is 0 Å². The second-order valence-electron chi connectivity index (χ2n) is 3.92. The smallest absolute Gasteiger partial charge is 0.368 e. The highest BCUT2D eigenvalue weighted by atomic mass is 19.4. The molecule has 18 heavy (non-hydrogen) atoms. The summed E-state index contributed by atoms with van der Waals surface area (Å²) >= 11 is 0. The molecule has 10 heteroatoms. The Balaban J connectivity index is 2.35. The van der Waals surface area contributed by atoms with E-state index in [4.69, 9.17) is 5.73 Å². The van der Waals surface area contributed by atoms with Crippen LogP contribution >= 0.6 is 0 Å². The number of nitrogens with zero attached hydrogens (tertiary/aromatic N) is 3. The first-order chi connectivity index (χ1) is 8.25. The Morgan fingerprint density at radius 2 is 2.11 bits per heavy atom. The highest BCUT2D eigenvalue weighted by molar-refractivity contribution is 5.59. The Hall–Kier alpha value is -2.13. The van der Waals surface area contributed by atoms with E-state index in [1.54, 1.807) is 0 Å². The molecule has 98 valence electrons. The van der Waals surface area contributed by atoms with Gasteiger partial charge in [-0.1, -0.05) is 0 Å². The zero-order valence-electron chi connectivity index (χ0n) is 8.86. The number of nitrogens with two attached hydrogens (primary N) is 1. The van der Waals surface area contributed by atoms with Crippen LogP contribution in [0.2, 0.25) is 0 Å². The largest absolute Gasteiger partial charge is 0.411 e. The second-order valence-corrected chi connectivity index (χ2v) is 3.92. The van der Waals surface area contributed by atoms with Gasteiger partial charge in [-0.15, -0.1) is 0 Å². The lowest BCUT2D eigenvalue weighted by molar-refractivity contribution is -0.384. The third-order valence-corrected chi connectivity index (χ3v) is 2.64. The van der Waals surface area contributed by atoms with Gasteiger partial charge in [0.05, 0.1) is 4.92 Å². The van der Waals surface area contributed by atoms with E-state index in [0.29, 0.717) is 0 Å².